The minimum atomic E-state index is -0.281. The number of amides is 2. The molecule has 2 amide bonds. The Morgan fingerprint density at radius 1 is 1.21 bits per heavy atom. The van der Waals surface area contributed by atoms with E-state index in [0.29, 0.717) is 28.7 Å². The number of hydrogen-bond acceptors (Lipinski definition) is 7. The summed E-state index contributed by atoms with van der Waals surface area (Å²) in [5.41, 5.74) is 2.03. The van der Waals surface area contributed by atoms with Crippen molar-refractivity contribution >= 4 is 49.8 Å². The summed E-state index contributed by atoms with van der Waals surface area (Å²) in [4.78, 5) is 35.3. The third-order valence-corrected chi connectivity index (χ3v) is 6.17. The maximum Gasteiger partial charge on any atom is 0.260 e. The molecule has 3 heterocycles. The Kier molecular flexibility index (Phi) is 5.41. The number of likely N-dealkylation sites (N-methyl/N-ethyl adjacent to an activating group) is 1. The standard InChI is InChI=1S/C20H18N4O3S2/c1-12-14(7-8-27-12)19(26)23-20-21-13(11-28-20)9-18(25)24(2)10-17-22-15-5-3-4-6-16(15)29-17/h3-8,11H,9-10H2,1-2H3,(H,21,23,26). The van der Waals surface area contributed by atoms with E-state index in [-0.39, 0.29) is 18.2 Å². The predicted octanol–water partition coefficient (Wildman–Crippen LogP) is 4.11. The van der Waals surface area contributed by atoms with Crippen LogP contribution >= 0.6 is 22.7 Å². The first kappa shape index (κ1) is 19.3. The van der Waals surface area contributed by atoms with Gasteiger partial charge in [-0.15, -0.1) is 22.7 Å². The van der Waals surface area contributed by atoms with E-state index in [9.17, 15) is 9.59 Å². The molecule has 9 heteroatoms. The summed E-state index contributed by atoms with van der Waals surface area (Å²) in [6.07, 6.45) is 1.63. The number of carbonyl (C=O) groups is 2. The number of nitrogens with one attached hydrogen (secondary N) is 1. The average molecular weight is 427 g/mol. The topological polar surface area (TPSA) is 88.3 Å². The number of benzene rings is 1. The van der Waals surface area contributed by atoms with Crippen LogP contribution in [0.5, 0.6) is 0 Å². The van der Waals surface area contributed by atoms with Gasteiger partial charge in [-0.3, -0.25) is 14.9 Å². The summed E-state index contributed by atoms with van der Waals surface area (Å²) in [7, 11) is 1.76. The van der Waals surface area contributed by atoms with Crippen molar-refractivity contribution in [3.8, 4) is 0 Å². The number of furan rings is 1. The number of aryl methyl sites for hydroxylation is 1. The molecule has 3 aromatic heterocycles. The van der Waals surface area contributed by atoms with E-state index < -0.39 is 0 Å². The van der Waals surface area contributed by atoms with Crippen molar-refractivity contribution in [2.24, 2.45) is 0 Å². The number of para-hydroxylation sites is 1. The minimum Gasteiger partial charge on any atom is -0.469 e. The summed E-state index contributed by atoms with van der Waals surface area (Å²) >= 11 is 2.87. The molecule has 4 aromatic rings. The third kappa shape index (κ3) is 4.36. The largest absolute Gasteiger partial charge is 0.469 e. The van der Waals surface area contributed by atoms with Gasteiger partial charge in [-0.05, 0) is 25.1 Å². The maximum absolute atomic E-state index is 12.6. The summed E-state index contributed by atoms with van der Waals surface area (Å²) in [6.45, 7) is 2.17. The van der Waals surface area contributed by atoms with E-state index in [0.717, 1.165) is 15.2 Å². The van der Waals surface area contributed by atoms with Crippen LogP contribution in [0.2, 0.25) is 0 Å². The molecule has 0 aliphatic heterocycles. The number of rotatable bonds is 6. The van der Waals surface area contributed by atoms with Crippen molar-refractivity contribution in [3.05, 3.63) is 64.0 Å². The molecule has 0 aliphatic rings. The monoisotopic (exact) mass is 426 g/mol. The number of fused-ring (bicyclic) bond motifs is 1. The first-order valence-corrected chi connectivity index (χ1v) is 10.6. The van der Waals surface area contributed by atoms with Gasteiger partial charge in [0.15, 0.2) is 5.13 Å². The Labute approximate surface area is 175 Å². The molecule has 7 nitrogen and oxygen atoms in total. The van der Waals surface area contributed by atoms with E-state index in [1.807, 2.05) is 24.3 Å². The van der Waals surface area contributed by atoms with E-state index in [1.54, 1.807) is 41.7 Å². The molecular formula is C20H18N4O3S2. The highest BCUT2D eigenvalue weighted by Gasteiger charge is 2.17. The van der Waals surface area contributed by atoms with Gasteiger partial charge in [-0.1, -0.05) is 12.1 Å². The van der Waals surface area contributed by atoms with Crippen molar-refractivity contribution in [2.45, 2.75) is 19.9 Å². The maximum atomic E-state index is 12.6. The van der Waals surface area contributed by atoms with E-state index in [2.05, 4.69) is 15.3 Å². The lowest BCUT2D eigenvalue weighted by Crippen LogP contribution is -2.27. The second kappa shape index (κ2) is 8.14. The number of aromatic nitrogens is 2. The highest BCUT2D eigenvalue weighted by atomic mass is 32.1. The highest BCUT2D eigenvalue weighted by molar-refractivity contribution is 7.18. The van der Waals surface area contributed by atoms with Crippen LogP contribution in [0.25, 0.3) is 10.2 Å². The van der Waals surface area contributed by atoms with Crippen LogP contribution < -0.4 is 5.32 Å². The molecule has 1 aromatic carbocycles. The molecule has 0 fully saturated rings. The molecule has 0 spiro atoms. The van der Waals surface area contributed by atoms with Gasteiger partial charge in [0.05, 0.1) is 40.7 Å². The van der Waals surface area contributed by atoms with Gasteiger partial charge >= 0.3 is 0 Å². The summed E-state index contributed by atoms with van der Waals surface area (Å²) in [6, 6.07) is 9.53. The SMILES string of the molecule is Cc1occc1C(=O)Nc1nc(CC(=O)N(C)Cc2nc3ccccc3s2)cs1. The normalized spacial score (nSPS) is 11.0. The van der Waals surface area contributed by atoms with E-state index >= 15 is 0 Å². The predicted molar refractivity (Wildman–Crippen MR) is 113 cm³/mol. The van der Waals surface area contributed by atoms with Crippen LogP contribution in [0.1, 0.15) is 26.8 Å². The molecule has 1 N–H and O–H groups in total. The molecule has 4 rings (SSSR count). The molecule has 0 bridgehead atoms. The lowest BCUT2D eigenvalue weighted by Gasteiger charge is -2.14. The average Bonchev–Trinajstić information content (AvgIpc) is 3.41. The molecule has 0 unspecified atom stereocenters. The molecule has 0 atom stereocenters. The summed E-state index contributed by atoms with van der Waals surface area (Å²) in [5.74, 6) is 0.209. The second-order valence-electron chi connectivity index (χ2n) is 6.49. The van der Waals surface area contributed by atoms with Crippen molar-refractivity contribution in [2.75, 3.05) is 12.4 Å². The van der Waals surface area contributed by atoms with E-state index in [4.69, 9.17) is 4.42 Å². The third-order valence-electron chi connectivity index (χ3n) is 4.34. The molecule has 29 heavy (non-hydrogen) atoms. The van der Waals surface area contributed by atoms with Crippen LogP contribution in [-0.4, -0.2) is 33.7 Å². The summed E-state index contributed by atoms with van der Waals surface area (Å²) in [5, 5.41) is 5.86. The zero-order chi connectivity index (χ0) is 20.4. The Morgan fingerprint density at radius 3 is 2.79 bits per heavy atom. The first-order valence-electron chi connectivity index (χ1n) is 8.88. The lowest BCUT2D eigenvalue weighted by atomic mass is 10.2. The molecule has 0 aliphatic carbocycles. The van der Waals surface area contributed by atoms with Crippen LogP contribution in [-0.2, 0) is 17.8 Å². The van der Waals surface area contributed by atoms with Gasteiger partial charge < -0.3 is 9.32 Å². The van der Waals surface area contributed by atoms with Crippen LogP contribution in [0.3, 0.4) is 0 Å². The van der Waals surface area contributed by atoms with Gasteiger partial charge in [0.25, 0.3) is 5.91 Å². The molecule has 148 valence electrons. The van der Waals surface area contributed by atoms with Crippen LogP contribution in [0.15, 0.2) is 46.4 Å². The number of anilines is 1. The Morgan fingerprint density at radius 2 is 2.03 bits per heavy atom. The zero-order valence-corrected chi connectivity index (χ0v) is 17.5. The highest BCUT2D eigenvalue weighted by Crippen LogP contribution is 2.23. The number of nitrogens with zero attached hydrogens (tertiary/aromatic N) is 3. The molecule has 0 saturated heterocycles. The number of hydrogen-bond donors (Lipinski definition) is 1. The fraction of sp³-hybridized carbons (Fsp3) is 0.200. The lowest BCUT2D eigenvalue weighted by molar-refractivity contribution is -0.129. The number of thiazole rings is 2. The molecule has 0 saturated carbocycles. The van der Waals surface area contributed by atoms with E-state index in [1.165, 1.54) is 17.6 Å². The van der Waals surface area contributed by atoms with Crippen LogP contribution in [0.4, 0.5) is 5.13 Å². The smallest absolute Gasteiger partial charge is 0.260 e. The van der Waals surface area contributed by atoms with Gasteiger partial charge in [0, 0.05) is 12.4 Å². The Balaban J connectivity index is 1.35. The fourth-order valence-corrected chi connectivity index (χ4v) is 4.53. The van der Waals surface area contributed by atoms with Gasteiger partial charge in [0.2, 0.25) is 5.91 Å². The Hall–Kier alpha value is -3.04. The molecular weight excluding hydrogens is 408 g/mol. The zero-order valence-electron chi connectivity index (χ0n) is 15.8. The van der Waals surface area contributed by atoms with Crippen LogP contribution in [0, 0.1) is 6.92 Å². The summed E-state index contributed by atoms with van der Waals surface area (Å²) < 4.78 is 6.25. The van der Waals surface area contributed by atoms with Gasteiger partial charge in [-0.2, -0.15) is 0 Å². The Bertz CT molecular complexity index is 1140. The second-order valence-corrected chi connectivity index (χ2v) is 8.46. The van der Waals surface area contributed by atoms with Crippen molar-refractivity contribution in [1.82, 2.24) is 14.9 Å². The van der Waals surface area contributed by atoms with Crippen molar-refractivity contribution in [3.63, 3.8) is 0 Å². The van der Waals surface area contributed by atoms with Gasteiger partial charge in [-0.25, -0.2) is 9.97 Å². The minimum absolute atomic E-state index is 0.0573. The first-order chi connectivity index (χ1) is 14.0. The van der Waals surface area contributed by atoms with Gasteiger partial charge in [0.1, 0.15) is 10.8 Å². The molecule has 0 radical (unpaired) electrons. The van der Waals surface area contributed by atoms with Crippen molar-refractivity contribution in [1.29, 1.82) is 0 Å². The van der Waals surface area contributed by atoms with Crippen molar-refractivity contribution < 1.29 is 14.0 Å². The quantitative estimate of drug-likeness (QED) is 0.501. The number of carbonyl (C=O) groups excluding carboxylic acids is 2. The fourth-order valence-electron chi connectivity index (χ4n) is 2.80.